The fourth-order valence-electron chi connectivity index (χ4n) is 3.80. The Morgan fingerprint density at radius 2 is 1.55 bits per heavy atom. The minimum absolute atomic E-state index is 0.297. The van der Waals surface area contributed by atoms with Crippen molar-refractivity contribution in [1.29, 1.82) is 5.26 Å². The van der Waals surface area contributed by atoms with E-state index in [9.17, 15) is 14.7 Å². The predicted octanol–water partition coefficient (Wildman–Crippen LogP) is 6.40. The van der Waals surface area contributed by atoms with Crippen molar-refractivity contribution < 1.29 is 19.4 Å². The van der Waals surface area contributed by atoms with E-state index < -0.39 is 23.4 Å². The van der Waals surface area contributed by atoms with E-state index in [2.05, 4.69) is 13.0 Å². The quantitative estimate of drug-likeness (QED) is 0.401. The molecule has 176 valence electrons. The van der Waals surface area contributed by atoms with Gasteiger partial charge in [-0.2, -0.15) is 5.26 Å². The lowest BCUT2D eigenvalue weighted by atomic mass is 9.86. The van der Waals surface area contributed by atoms with E-state index in [0.29, 0.717) is 31.2 Å². The van der Waals surface area contributed by atoms with Crippen molar-refractivity contribution >= 4 is 11.9 Å². The summed E-state index contributed by atoms with van der Waals surface area (Å²) in [6.45, 7) is 7.55. The number of unbranched alkanes of at least 4 members (excludes halogenated alkanes) is 1. The summed E-state index contributed by atoms with van der Waals surface area (Å²) in [5.74, 6) is -2.16. The molecule has 33 heavy (non-hydrogen) atoms. The summed E-state index contributed by atoms with van der Waals surface area (Å²) in [4.78, 5) is 24.6. The molecule has 0 saturated carbocycles. The second kappa shape index (κ2) is 12.2. The van der Waals surface area contributed by atoms with Crippen molar-refractivity contribution in [3.63, 3.8) is 0 Å². The van der Waals surface area contributed by atoms with Crippen LogP contribution in [-0.2, 0) is 20.7 Å². The van der Waals surface area contributed by atoms with Gasteiger partial charge in [0.05, 0.1) is 23.5 Å². The van der Waals surface area contributed by atoms with E-state index >= 15 is 0 Å². The Kier molecular flexibility index (Phi) is 9.66. The first kappa shape index (κ1) is 26.1. The van der Waals surface area contributed by atoms with Crippen LogP contribution in [0.5, 0.6) is 0 Å². The number of carboxylic acid groups (broad SMARTS) is 1. The molecular formula is C28H35NO4. The number of carbonyl (C=O) groups is 2. The number of aliphatic carboxylic acids is 1. The lowest BCUT2D eigenvalue weighted by Crippen LogP contribution is -2.31. The molecule has 0 saturated heterocycles. The van der Waals surface area contributed by atoms with Gasteiger partial charge in [-0.3, -0.25) is 9.59 Å². The molecule has 0 unspecified atom stereocenters. The summed E-state index contributed by atoms with van der Waals surface area (Å²) in [5, 5.41) is 18.7. The summed E-state index contributed by atoms with van der Waals surface area (Å²) in [6.07, 6.45) is 3.86. The first-order chi connectivity index (χ1) is 15.6. The Balaban J connectivity index is 2.03. The van der Waals surface area contributed by atoms with Gasteiger partial charge in [0.15, 0.2) is 0 Å². The Morgan fingerprint density at radius 1 is 0.970 bits per heavy atom. The van der Waals surface area contributed by atoms with Crippen LogP contribution in [-0.4, -0.2) is 22.6 Å². The van der Waals surface area contributed by atoms with Crippen molar-refractivity contribution in [1.82, 2.24) is 0 Å². The molecule has 0 spiro atoms. The number of aryl methyl sites for hydroxylation is 1. The minimum Gasteiger partial charge on any atom is -0.481 e. The zero-order valence-electron chi connectivity index (χ0n) is 20.1. The van der Waals surface area contributed by atoms with Gasteiger partial charge in [0.1, 0.15) is 5.60 Å². The lowest BCUT2D eigenvalue weighted by molar-refractivity contribution is -0.161. The van der Waals surface area contributed by atoms with E-state index in [4.69, 9.17) is 10.00 Å². The fraction of sp³-hybridized carbons (Fsp3) is 0.464. The molecule has 0 bridgehead atoms. The zero-order valence-corrected chi connectivity index (χ0v) is 20.1. The third-order valence-electron chi connectivity index (χ3n) is 5.65. The molecule has 0 amide bonds. The van der Waals surface area contributed by atoms with Gasteiger partial charge in [0.2, 0.25) is 0 Å². The number of carbonyl (C=O) groups excluding carboxylic acids is 1. The maximum Gasteiger partial charge on any atom is 0.309 e. The van der Waals surface area contributed by atoms with Crippen molar-refractivity contribution in [2.24, 2.45) is 11.8 Å². The monoisotopic (exact) mass is 449 g/mol. The molecule has 0 aliphatic heterocycles. The van der Waals surface area contributed by atoms with E-state index in [1.165, 1.54) is 0 Å². The molecule has 0 heterocycles. The van der Waals surface area contributed by atoms with Gasteiger partial charge < -0.3 is 9.84 Å². The molecule has 2 aromatic rings. The second-order valence-electron chi connectivity index (χ2n) is 9.57. The SMILES string of the molecule is CCCC[C@@H](C[C@@H](CCc1ccc(-c2ccc(C#N)cc2)cc1)C(=O)O)C(=O)OC(C)(C)C. The number of hydrogen-bond donors (Lipinski definition) is 1. The number of nitriles is 1. The van der Waals surface area contributed by atoms with Crippen molar-refractivity contribution in [3.8, 4) is 17.2 Å². The van der Waals surface area contributed by atoms with E-state index in [0.717, 1.165) is 29.5 Å². The molecule has 5 heteroatoms. The molecule has 0 aliphatic carbocycles. The topological polar surface area (TPSA) is 87.4 Å². The molecule has 2 rings (SSSR count). The number of carboxylic acids is 1. The third kappa shape index (κ3) is 8.73. The number of ether oxygens (including phenoxy) is 1. The molecule has 2 aromatic carbocycles. The highest BCUT2D eigenvalue weighted by atomic mass is 16.6. The highest BCUT2D eigenvalue weighted by Crippen LogP contribution is 2.27. The van der Waals surface area contributed by atoms with Crippen LogP contribution < -0.4 is 0 Å². The van der Waals surface area contributed by atoms with Crippen LogP contribution in [0.3, 0.4) is 0 Å². The largest absolute Gasteiger partial charge is 0.481 e. The summed E-state index contributed by atoms with van der Waals surface area (Å²) < 4.78 is 5.56. The van der Waals surface area contributed by atoms with Gasteiger partial charge in [0, 0.05) is 0 Å². The predicted molar refractivity (Wildman–Crippen MR) is 130 cm³/mol. The van der Waals surface area contributed by atoms with Crippen molar-refractivity contribution in [2.45, 2.75) is 71.8 Å². The van der Waals surface area contributed by atoms with Crippen LogP contribution in [0.4, 0.5) is 0 Å². The van der Waals surface area contributed by atoms with Crippen LogP contribution in [0.1, 0.15) is 70.9 Å². The zero-order chi connectivity index (χ0) is 24.4. The van der Waals surface area contributed by atoms with Crippen molar-refractivity contribution in [2.75, 3.05) is 0 Å². The van der Waals surface area contributed by atoms with Crippen LogP contribution >= 0.6 is 0 Å². The summed E-state index contributed by atoms with van der Waals surface area (Å²) in [5.41, 5.74) is 3.17. The highest BCUT2D eigenvalue weighted by molar-refractivity contribution is 5.75. The molecule has 0 aromatic heterocycles. The summed E-state index contributed by atoms with van der Waals surface area (Å²) >= 11 is 0. The van der Waals surface area contributed by atoms with Gasteiger partial charge in [-0.1, -0.05) is 56.2 Å². The molecule has 2 atom stereocenters. The van der Waals surface area contributed by atoms with E-state index in [1.807, 2.05) is 57.2 Å². The maximum atomic E-state index is 12.7. The Morgan fingerprint density at radius 3 is 2.03 bits per heavy atom. The third-order valence-corrected chi connectivity index (χ3v) is 5.65. The van der Waals surface area contributed by atoms with Crippen LogP contribution in [0.25, 0.3) is 11.1 Å². The van der Waals surface area contributed by atoms with Crippen LogP contribution in [0, 0.1) is 23.2 Å². The van der Waals surface area contributed by atoms with E-state index in [1.54, 1.807) is 12.1 Å². The highest BCUT2D eigenvalue weighted by Gasteiger charge is 2.30. The number of benzene rings is 2. The van der Waals surface area contributed by atoms with Gasteiger partial charge in [-0.15, -0.1) is 0 Å². The average Bonchev–Trinajstić information content (AvgIpc) is 2.77. The number of esters is 1. The maximum absolute atomic E-state index is 12.7. The second-order valence-corrected chi connectivity index (χ2v) is 9.57. The molecule has 0 fully saturated rings. The molecule has 0 aliphatic rings. The van der Waals surface area contributed by atoms with Crippen molar-refractivity contribution in [3.05, 3.63) is 59.7 Å². The lowest BCUT2D eigenvalue weighted by Gasteiger charge is -2.25. The molecule has 0 radical (unpaired) electrons. The Labute approximate surface area is 197 Å². The molecular weight excluding hydrogens is 414 g/mol. The van der Waals surface area contributed by atoms with Gasteiger partial charge in [-0.05, 0) is 75.3 Å². The molecule has 1 N–H and O–H groups in total. The van der Waals surface area contributed by atoms with Gasteiger partial charge >= 0.3 is 11.9 Å². The normalized spacial score (nSPS) is 13.1. The van der Waals surface area contributed by atoms with E-state index in [-0.39, 0.29) is 5.97 Å². The number of nitrogens with zero attached hydrogens (tertiary/aromatic N) is 1. The number of hydrogen-bond acceptors (Lipinski definition) is 4. The Bertz CT molecular complexity index is 949. The number of rotatable bonds is 11. The van der Waals surface area contributed by atoms with Gasteiger partial charge in [0.25, 0.3) is 0 Å². The minimum atomic E-state index is -0.866. The van der Waals surface area contributed by atoms with Gasteiger partial charge in [-0.25, -0.2) is 0 Å². The smallest absolute Gasteiger partial charge is 0.309 e. The van der Waals surface area contributed by atoms with Crippen LogP contribution in [0.2, 0.25) is 0 Å². The first-order valence-electron chi connectivity index (χ1n) is 11.7. The molecule has 5 nitrogen and oxygen atoms in total. The van der Waals surface area contributed by atoms with Crippen LogP contribution in [0.15, 0.2) is 48.5 Å². The average molecular weight is 450 g/mol. The summed E-state index contributed by atoms with van der Waals surface area (Å²) in [7, 11) is 0. The first-order valence-corrected chi connectivity index (χ1v) is 11.7. The standard InChI is InChI=1S/C28H35NO4/c1-5-6-7-25(27(32)33-28(2,3)4)18-24(26(30)31)17-10-20-8-13-22(14-9-20)23-15-11-21(19-29)12-16-23/h8-9,11-16,24-25H,5-7,10,17-18H2,1-4H3,(H,30,31)/t24-,25+/m1/s1. The summed E-state index contributed by atoms with van der Waals surface area (Å²) in [6, 6.07) is 17.6. The fourth-order valence-corrected chi connectivity index (χ4v) is 3.80. The Hall–Kier alpha value is -3.13.